The first kappa shape index (κ1) is 15.5. The SMILES string of the molecule is CCCC[C@@H](c1ccc2c(c1)OC(F)(F)O2)N1CCNCC1. The summed E-state index contributed by atoms with van der Waals surface area (Å²) in [6.07, 6.45) is -0.300. The molecular weight excluding hydrogens is 290 g/mol. The van der Waals surface area contributed by atoms with Crippen molar-refractivity contribution < 1.29 is 18.3 Å². The molecule has 3 rings (SSSR count). The van der Waals surface area contributed by atoms with Crippen molar-refractivity contribution in [2.75, 3.05) is 26.2 Å². The lowest BCUT2D eigenvalue weighted by atomic mass is 9.98. The summed E-state index contributed by atoms with van der Waals surface area (Å²) in [6.45, 7) is 6.03. The molecule has 0 unspecified atom stereocenters. The number of halogens is 2. The first-order chi connectivity index (χ1) is 10.6. The second-order valence-corrected chi connectivity index (χ2v) is 5.82. The van der Waals surface area contributed by atoms with Gasteiger partial charge in [-0.05, 0) is 24.1 Å². The molecule has 0 bridgehead atoms. The van der Waals surface area contributed by atoms with E-state index in [2.05, 4.69) is 26.6 Å². The first-order valence-electron chi connectivity index (χ1n) is 7.93. The quantitative estimate of drug-likeness (QED) is 0.905. The summed E-state index contributed by atoms with van der Waals surface area (Å²) in [6, 6.07) is 5.42. The van der Waals surface area contributed by atoms with Gasteiger partial charge >= 0.3 is 6.29 Å². The second-order valence-electron chi connectivity index (χ2n) is 5.82. The Bertz CT molecular complexity index is 519. The molecule has 1 N–H and O–H groups in total. The van der Waals surface area contributed by atoms with Crippen molar-refractivity contribution in [3.8, 4) is 11.5 Å². The number of hydrogen-bond donors (Lipinski definition) is 1. The van der Waals surface area contributed by atoms with Crippen LogP contribution < -0.4 is 14.8 Å². The van der Waals surface area contributed by atoms with E-state index in [4.69, 9.17) is 0 Å². The van der Waals surface area contributed by atoms with Crippen LogP contribution >= 0.6 is 0 Å². The largest absolute Gasteiger partial charge is 0.586 e. The maximum absolute atomic E-state index is 13.2. The van der Waals surface area contributed by atoms with Crippen LogP contribution in [0.2, 0.25) is 0 Å². The van der Waals surface area contributed by atoms with Crippen molar-refractivity contribution in [2.45, 2.75) is 38.5 Å². The molecule has 2 heterocycles. The summed E-state index contributed by atoms with van der Waals surface area (Å²) in [5.41, 5.74) is 1.02. The van der Waals surface area contributed by atoms with Crippen LogP contribution in [0, 0.1) is 0 Å². The highest BCUT2D eigenvalue weighted by atomic mass is 19.3. The molecule has 1 fully saturated rings. The van der Waals surface area contributed by atoms with Gasteiger partial charge in [0.05, 0.1) is 0 Å². The van der Waals surface area contributed by atoms with Crippen molar-refractivity contribution >= 4 is 0 Å². The molecule has 0 saturated carbocycles. The highest BCUT2D eigenvalue weighted by Gasteiger charge is 2.43. The van der Waals surface area contributed by atoms with Crippen LogP contribution in [0.3, 0.4) is 0 Å². The van der Waals surface area contributed by atoms with Gasteiger partial charge in [0.1, 0.15) is 0 Å². The molecule has 122 valence electrons. The molecule has 2 aliphatic heterocycles. The highest BCUT2D eigenvalue weighted by molar-refractivity contribution is 5.46. The molecule has 0 spiro atoms. The Morgan fingerprint density at radius 2 is 1.95 bits per heavy atom. The zero-order valence-electron chi connectivity index (χ0n) is 12.8. The van der Waals surface area contributed by atoms with Crippen LogP contribution in [0.5, 0.6) is 11.5 Å². The van der Waals surface area contributed by atoms with E-state index in [1.54, 1.807) is 12.1 Å². The lowest BCUT2D eigenvalue weighted by molar-refractivity contribution is -0.286. The van der Waals surface area contributed by atoms with E-state index in [0.29, 0.717) is 0 Å². The molecule has 0 amide bonds. The van der Waals surface area contributed by atoms with Gasteiger partial charge in [0.15, 0.2) is 11.5 Å². The summed E-state index contributed by atoms with van der Waals surface area (Å²) in [5, 5.41) is 3.34. The fourth-order valence-corrected chi connectivity index (χ4v) is 3.12. The monoisotopic (exact) mass is 312 g/mol. The Kier molecular flexibility index (Phi) is 4.49. The smallest absolute Gasteiger partial charge is 0.395 e. The van der Waals surface area contributed by atoms with Crippen LogP contribution in [0.1, 0.15) is 37.8 Å². The third kappa shape index (κ3) is 3.33. The molecule has 4 nitrogen and oxygen atoms in total. The summed E-state index contributed by atoms with van der Waals surface area (Å²) < 4.78 is 35.4. The lowest BCUT2D eigenvalue weighted by Crippen LogP contribution is -2.45. The Labute approximate surface area is 129 Å². The molecule has 0 aliphatic carbocycles. The Morgan fingerprint density at radius 1 is 1.23 bits per heavy atom. The third-order valence-corrected chi connectivity index (χ3v) is 4.23. The second kappa shape index (κ2) is 6.38. The van der Waals surface area contributed by atoms with Gasteiger partial charge in [0.25, 0.3) is 0 Å². The molecule has 2 aliphatic rings. The minimum atomic E-state index is -3.55. The molecule has 6 heteroatoms. The topological polar surface area (TPSA) is 33.7 Å². The fraction of sp³-hybridized carbons (Fsp3) is 0.625. The number of fused-ring (bicyclic) bond motifs is 1. The first-order valence-corrected chi connectivity index (χ1v) is 7.93. The van der Waals surface area contributed by atoms with Crippen LogP contribution in [0.25, 0.3) is 0 Å². The Morgan fingerprint density at radius 3 is 2.68 bits per heavy atom. The van der Waals surface area contributed by atoms with E-state index >= 15 is 0 Å². The zero-order valence-corrected chi connectivity index (χ0v) is 12.8. The minimum Gasteiger partial charge on any atom is -0.395 e. The van der Waals surface area contributed by atoms with E-state index in [0.717, 1.165) is 51.0 Å². The molecule has 0 aromatic heterocycles. The average Bonchev–Trinajstić information content (AvgIpc) is 2.82. The predicted octanol–water partition coefficient (Wildman–Crippen LogP) is 3.14. The summed E-state index contributed by atoms with van der Waals surface area (Å²) in [7, 11) is 0. The number of nitrogens with zero attached hydrogens (tertiary/aromatic N) is 1. The van der Waals surface area contributed by atoms with E-state index in [-0.39, 0.29) is 17.5 Å². The summed E-state index contributed by atoms with van der Waals surface area (Å²) in [4.78, 5) is 2.42. The standard InChI is InChI=1S/C16H22F2N2O2/c1-2-3-4-13(20-9-7-19-8-10-20)12-5-6-14-15(11-12)22-16(17,18)21-14/h5-6,11,13,19H,2-4,7-10H2,1H3/t13-/m0/s1. The number of piperazine rings is 1. The molecular formula is C16H22F2N2O2. The van der Waals surface area contributed by atoms with Gasteiger partial charge in [-0.15, -0.1) is 8.78 Å². The number of unbranched alkanes of at least 4 members (excludes halogenated alkanes) is 1. The van der Waals surface area contributed by atoms with Crippen molar-refractivity contribution in [3.63, 3.8) is 0 Å². The summed E-state index contributed by atoms with van der Waals surface area (Å²) in [5.74, 6) is 0.252. The van der Waals surface area contributed by atoms with Gasteiger partial charge in [-0.3, -0.25) is 4.90 Å². The lowest BCUT2D eigenvalue weighted by Gasteiger charge is -2.35. The number of ether oxygens (including phenoxy) is 2. The molecule has 1 atom stereocenters. The Hall–Kier alpha value is -1.40. The van der Waals surface area contributed by atoms with Crippen LogP contribution in [0.15, 0.2) is 18.2 Å². The van der Waals surface area contributed by atoms with Gasteiger partial charge < -0.3 is 14.8 Å². The number of hydrogen-bond acceptors (Lipinski definition) is 4. The molecule has 22 heavy (non-hydrogen) atoms. The summed E-state index contributed by atoms with van der Waals surface area (Å²) >= 11 is 0. The zero-order chi connectivity index (χ0) is 15.6. The van der Waals surface area contributed by atoms with Gasteiger partial charge in [0, 0.05) is 32.2 Å². The van der Waals surface area contributed by atoms with Crippen molar-refractivity contribution in [2.24, 2.45) is 0 Å². The van der Waals surface area contributed by atoms with E-state index in [1.807, 2.05) is 6.07 Å². The van der Waals surface area contributed by atoms with Crippen molar-refractivity contribution in [1.29, 1.82) is 0 Å². The molecule has 1 saturated heterocycles. The minimum absolute atomic E-state index is 0.114. The molecule has 1 aromatic carbocycles. The van der Waals surface area contributed by atoms with E-state index in [1.165, 1.54) is 0 Å². The van der Waals surface area contributed by atoms with Crippen molar-refractivity contribution in [3.05, 3.63) is 23.8 Å². The van der Waals surface area contributed by atoms with Gasteiger partial charge in [-0.25, -0.2) is 0 Å². The number of alkyl halides is 2. The highest BCUT2D eigenvalue weighted by Crippen LogP contribution is 2.43. The molecule has 0 radical (unpaired) electrons. The van der Waals surface area contributed by atoms with Crippen LogP contribution in [-0.2, 0) is 0 Å². The maximum Gasteiger partial charge on any atom is 0.586 e. The van der Waals surface area contributed by atoms with Gasteiger partial charge in [-0.2, -0.15) is 0 Å². The molecule has 1 aromatic rings. The number of rotatable bonds is 5. The average molecular weight is 312 g/mol. The predicted molar refractivity (Wildman–Crippen MR) is 79.4 cm³/mol. The van der Waals surface area contributed by atoms with Crippen LogP contribution in [-0.4, -0.2) is 37.4 Å². The third-order valence-electron chi connectivity index (χ3n) is 4.23. The van der Waals surface area contributed by atoms with Gasteiger partial charge in [0.2, 0.25) is 0 Å². The number of benzene rings is 1. The normalized spacial score (nSPS) is 21.8. The number of nitrogens with one attached hydrogen (secondary N) is 1. The fourth-order valence-electron chi connectivity index (χ4n) is 3.12. The maximum atomic E-state index is 13.2. The van der Waals surface area contributed by atoms with Gasteiger partial charge in [-0.1, -0.05) is 25.8 Å². The van der Waals surface area contributed by atoms with Crippen LogP contribution in [0.4, 0.5) is 8.78 Å². The van der Waals surface area contributed by atoms with Crippen molar-refractivity contribution in [1.82, 2.24) is 10.2 Å². The Balaban J connectivity index is 1.82. The van der Waals surface area contributed by atoms with E-state index in [9.17, 15) is 8.78 Å². The van der Waals surface area contributed by atoms with E-state index < -0.39 is 6.29 Å².